The molecule has 0 unspecified atom stereocenters. The highest BCUT2D eigenvalue weighted by atomic mass is 35.5. The number of sulfone groups is 1. The van der Waals surface area contributed by atoms with Crippen LogP contribution in [0.5, 0.6) is 0 Å². The summed E-state index contributed by atoms with van der Waals surface area (Å²) >= 11 is 11.9. The van der Waals surface area contributed by atoms with E-state index in [-0.39, 0.29) is 21.4 Å². The van der Waals surface area contributed by atoms with Gasteiger partial charge in [0, 0.05) is 24.9 Å². The van der Waals surface area contributed by atoms with Crippen molar-refractivity contribution in [2.24, 2.45) is 0 Å². The second-order valence-electron chi connectivity index (χ2n) is 5.26. The van der Waals surface area contributed by atoms with E-state index in [9.17, 15) is 16.8 Å². The lowest BCUT2D eigenvalue weighted by atomic mass is 10.2. The third-order valence-corrected chi connectivity index (χ3v) is 6.94. The summed E-state index contributed by atoms with van der Waals surface area (Å²) in [6, 6.07) is 10.4. The topological polar surface area (TPSA) is 71.5 Å². The summed E-state index contributed by atoms with van der Waals surface area (Å²) in [6.07, 6.45) is 1.00. The molecule has 0 N–H and O–H groups in total. The van der Waals surface area contributed by atoms with Gasteiger partial charge >= 0.3 is 0 Å². The molecule has 0 aliphatic carbocycles. The molecule has 0 bridgehead atoms. The highest BCUT2D eigenvalue weighted by molar-refractivity contribution is 7.91. The zero-order valence-corrected chi connectivity index (χ0v) is 16.0. The van der Waals surface area contributed by atoms with Crippen molar-refractivity contribution in [3.63, 3.8) is 0 Å². The monoisotopic (exact) mass is 407 g/mol. The molecule has 0 spiro atoms. The van der Waals surface area contributed by atoms with Gasteiger partial charge in [-0.25, -0.2) is 16.8 Å². The lowest BCUT2D eigenvalue weighted by Gasteiger charge is -2.18. The van der Waals surface area contributed by atoms with E-state index in [2.05, 4.69) is 0 Å². The predicted octanol–water partition coefficient (Wildman–Crippen LogP) is 3.22. The quantitative estimate of drug-likeness (QED) is 0.762. The molecule has 0 saturated heterocycles. The minimum atomic E-state index is -3.97. The summed E-state index contributed by atoms with van der Waals surface area (Å²) < 4.78 is 49.9. The Balaban J connectivity index is 2.43. The van der Waals surface area contributed by atoms with E-state index in [4.69, 9.17) is 23.2 Å². The Labute approximate surface area is 151 Å². The maximum absolute atomic E-state index is 12.7. The fourth-order valence-corrected chi connectivity index (χ4v) is 4.65. The molecule has 0 aliphatic rings. The maximum Gasteiger partial charge on any atom is 0.244 e. The summed E-state index contributed by atoms with van der Waals surface area (Å²) in [4.78, 5) is -0.363. The molecule has 130 valence electrons. The second-order valence-corrected chi connectivity index (χ2v) is 10.1. The molecule has 2 aromatic rings. The van der Waals surface area contributed by atoms with E-state index in [1.54, 1.807) is 24.3 Å². The average Bonchev–Trinajstić information content (AvgIpc) is 2.46. The normalized spacial score (nSPS) is 12.5. The average molecular weight is 408 g/mol. The van der Waals surface area contributed by atoms with Crippen molar-refractivity contribution in [2.45, 2.75) is 16.3 Å². The molecule has 0 aliphatic heterocycles. The van der Waals surface area contributed by atoms with Crippen LogP contribution in [0.1, 0.15) is 5.56 Å². The summed E-state index contributed by atoms with van der Waals surface area (Å²) in [5.74, 6) is 0. The fourth-order valence-electron chi connectivity index (χ4n) is 2.06. The minimum Gasteiger partial charge on any atom is -0.224 e. The first-order valence-corrected chi connectivity index (χ1v) is 10.8. The van der Waals surface area contributed by atoms with Gasteiger partial charge in [-0.2, -0.15) is 4.31 Å². The predicted molar refractivity (Wildman–Crippen MR) is 94.7 cm³/mol. The molecular weight excluding hydrogens is 393 g/mol. The summed E-state index contributed by atoms with van der Waals surface area (Å²) in [5.41, 5.74) is 0.698. The van der Waals surface area contributed by atoms with Crippen LogP contribution in [0.2, 0.25) is 10.0 Å². The van der Waals surface area contributed by atoms with Crippen LogP contribution in [-0.2, 0) is 26.4 Å². The van der Waals surface area contributed by atoms with Crippen LogP contribution >= 0.6 is 23.2 Å². The number of sulfonamides is 1. The number of hydrogen-bond donors (Lipinski definition) is 0. The van der Waals surface area contributed by atoms with E-state index in [1.807, 2.05) is 0 Å². The Morgan fingerprint density at radius 2 is 1.67 bits per heavy atom. The smallest absolute Gasteiger partial charge is 0.224 e. The summed E-state index contributed by atoms with van der Waals surface area (Å²) in [5, 5.41) is 0.454. The number of rotatable bonds is 5. The first-order chi connectivity index (χ1) is 11.0. The van der Waals surface area contributed by atoms with Crippen LogP contribution in [0, 0.1) is 0 Å². The third kappa shape index (κ3) is 4.29. The SMILES string of the molecule is CN(Cc1cccc(Cl)c1)S(=O)(=O)c1cc(S(C)(=O)=O)ccc1Cl. The highest BCUT2D eigenvalue weighted by Crippen LogP contribution is 2.28. The van der Waals surface area contributed by atoms with Crippen molar-refractivity contribution < 1.29 is 16.8 Å². The van der Waals surface area contributed by atoms with Crippen molar-refractivity contribution in [2.75, 3.05) is 13.3 Å². The number of halogens is 2. The third-order valence-electron chi connectivity index (χ3n) is 3.31. The molecule has 24 heavy (non-hydrogen) atoms. The second kappa shape index (κ2) is 7.01. The molecule has 0 fully saturated rings. The van der Waals surface area contributed by atoms with Gasteiger partial charge in [0.15, 0.2) is 9.84 Å². The molecule has 0 heterocycles. The lowest BCUT2D eigenvalue weighted by Crippen LogP contribution is -2.27. The van der Waals surface area contributed by atoms with Crippen molar-refractivity contribution >= 4 is 43.1 Å². The molecule has 0 aromatic heterocycles. The Morgan fingerprint density at radius 3 is 2.25 bits per heavy atom. The van der Waals surface area contributed by atoms with E-state index in [1.165, 1.54) is 19.2 Å². The molecule has 2 rings (SSSR count). The van der Waals surface area contributed by atoms with Crippen molar-refractivity contribution in [1.29, 1.82) is 0 Å². The lowest BCUT2D eigenvalue weighted by molar-refractivity contribution is 0.466. The minimum absolute atomic E-state index is 0.0413. The van der Waals surface area contributed by atoms with Crippen LogP contribution in [0.25, 0.3) is 0 Å². The van der Waals surface area contributed by atoms with Gasteiger partial charge in [-0.15, -0.1) is 0 Å². The molecular formula is C15H15Cl2NO4S2. The Morgan fingerprint density at radius 1 is 1.00 bits per heavy atom. The summed E-state index contributed by atoms with van der Waals surface area (Å²) in [7, 11) is -6.13. The van der Waals surface area contributed by atoms with Crippen LogP contribution in [0.3, 0.4) is 0 Å². The van der Waals surface area contributed by atoms with Crippen LogP contribution in [-0.4, -0.2) is 34.4 Å². The number of nitrogens with zero attached hydrogens (tertiary/aromatic N) is 1. The van der Waals surface area contributed by atoms with Gasteiger partial charge in [0.25, 0.3) is 0 Å². The molecule has 0 radical (unpaired) electrons. The molecule has 0 saturated carbocycles. The van der Waals surface area contributed by atoms with Crippen molar-refractivity contribution in [3.05, 3.63) is 58.1 Å². The first kappa shape index (κ1) is 19.2. The van der Waals surface area contributed by atoms with Gasteiger partial charge < -0.3 is 0 Å². The molecule has 5 nitrogen and oxygen atoms in total. The molecule has 0 atom stereocenters. The Bertz CT molecular complexity index is 973. The van der Waals surface area contributed by atoms with Gasteiger partial charge in [0.05, 0.1) is 9.92 Å². The van der Waals surface area contributed by atoms with E-state index >= 15 is 0 Å². The zero-order chi connectivity index (χ0) is 18.1. The van der Waals surface area contributed by atoms with Gasteiger partial charge in [0.2, 0.25) is 10.0 Å². The zero-order valence-electron chi connectivity index (χ0n) is 12.9. The Kier molecular flexibility index (Phi) is 5.61. The van der Waals surface area contributed by atoms with Crippen molar-refractivity contribution in [3.8, 4) is 0 Å². The van der Waals surface area contributed by atoms with Gasteiger partial charge in [-0.1, -0.05) is 35.3 Å². The molecule has 0 amide bonds. The standard InChI is InChI=1S/C15H15Cl2NO4S2/c1-18(10-11-4-3-5-12(16)8-11)24(21,22)15-9-13(23(2,19)20)6-7-14(15)17/h3-9H,10H2,1-2H3. The maximum atomic E-state index is 12.7. The largest absolute Gasteiger partial charge is 0.244 e. The molecule has 2 aromatic carbocycles. The van der Waals surface area contributed by atoms with Crippen molar-refractivity contribution in [1.82, 2.24) is 4.31 Å². The van der Waals surface area contributed by atoms with Crippen LogP contribution in [0.4, 0.5) is 0 Å². The number of benzene rings is 2. The van der Waals surface area contributed by atoms with E-state index in [0.29, 0.717) is 10.6 Å². The molecule has 9 heteroatoms. The fraction of sp³-hybridized carbons (Fsp3) is 0.200. The van der Waals surface area contributed by atoms with Crippen LogP contribution in [0.15, 0.2) is 52.3 Å². The van der Waals surface area contributed by atoms with Gasteiger partial charge in [-0.3, -0.25) is 0 Å². The van der Waals surface area contributed by atoms with E-state index in [0.717, 1.165) is 16.6 Å². The van der Waals surface area contributed by atoms with Gasteiger partial charge in [0.1, 0.15) is 4.90 Å². The number of hydrogen-bond acceptors (Lipinski definition) is 4. The Hall–Kier alpha value is -1.12. The first-order valence-electron chi connectivity index (χ1n) is 6.72. The van der Waals surface area contributed by atoms with Gasteiger partial charge in [-0.05, 0) is 35.9 Å². The van der Waals surface area contributed by atoms with E-state index < -0.39 is 19.9 Å². The highest BCUT2D eigenvalue weighted by Gasteiger charge is 2.25. The summed E-state index contributed by atoms with van der Waals surface area (Å²) in [6.45, 7) is 0.0718. The van der Waals surface area contributed by atoms with Crippen LogP contribution < -0.4 is 0 Å².